The van der Waals surface area contributed by atoms with Gasteiger partial charge in [0.2, 0.25) is 5.89 Å². The number of oxazole rings is 1. The summed E-state index contributed by atoms with van der Waals surface area (Å²) in [5.74, 6) is 1.74. The van der Waals surface area contributed by atoms with Crippen molar-refractivity contribution >= 4 is 17.7 Å². The van der Waals surface area contributed by atoms with Crippen molar-refractivity contribution in [2.75, 3.05) is 18.9 Å². The Bertz CT molecular complexity index is 1280. The maximum absolute atomic E-state index is 12.3. The summed E-state index contributed by atoms with van der Waals surface area (Å²) in [5.41, 5.74) is 9.60. The summed E-state index contributed by atoms with van der Waals surface area (Å²) in [5, 5.41) is 2.78. The van der Waals surface area contributed by atoms with Crippen molar-refractivity contribution in [3.63, 3.8) is 0 Å². The molecule has 9 nitrogen and oxygen atoms in total. The van der Waals surface area contributed by atoms with Gasteiger partial charge in [-0.2, -0.15) is 0 Å². The molecule has 3 aromatic rings. The van der Waals surface area contributed by atoms with E-state index in [9.17, 15) is 9.59 Å². The lowest BCUT2D eigenvalue weighted by Gasteiger charge is -2.20. The lowest BCUT2D eigenvalue weighted by Crippen LogP contribution is -2.28. The number of nitrogens with zero attached hydrogens (tertiary/aromatic N) is 1. The number of carbonyl (C=O) groups excluding carboxylic acids is 2. The van der Waals surface area contributed by atoms with Crippen LogP contribution in [0.5, 0.6) is 5.75 Å². The molecule has 0 bridgehead atoms. The third-order valence-corrected chi connectivity index (χ3v) is 5.86. The number of nitrogens with two attached hydrogens (primary N) is 1. The minimum Gasteiger partial charge on any atom is -0.493 e. The van der Waals surface area contributed by atoms with Gasteiger partial charge in [-0.05, 0) is 102 Å². The summed E-state index contributed by atoms with van der Waals surface area (Å²) in [6.07, 6.45) is 1.25. The molecule has 40 heavy (non-hydrogen) atoms. The van der Waals surface area contributed by atoms with Gasteiger partial charge in [0.1, 0.15) is 17.1 Å². The topological polar surface area (TPSA) is 126 Å². The number of anilines is 1. The molecule has 3 N–H and O–H groups in total. The molecule has 216 valence electrons. The van der Waals surface area contributed by atoms with Crippen LogP contribution in [0.2, 0.25) is 0 Å². The molecule has 0 fully saturated rings. The molecule has 0 saturated carbocycles. The number of carbonyl (C=O) groups is 2. The van der Waals surface area contributed by atoms with Crippen LogP contribution in [0.25, 0.3) is 11.5 Å². The molecular weight excluding hydrogens is 510 g/mol. The Morgan fingerprint density at radius 1 is 1.02 bits per heavy atom. The maximum atomic E-state index is 12.3. The molecule has 0 atom stereocenters. The molecule has 1 aromatic heterocycles. The van der Waals surface area contributed by atoms with E-state index in [1.54, 1.807) is 13.8 Å². The van der Waals surface area contributed by atoms with E-state index in [2.05, 4.69) is 10.3 Å². The summed E-state index contributed by atoms with van der Waals surface area (Å²) < 4.78 is 22.5. The number of rotatable bonds is 12. The number of ether oxygens (including phenoxy) is 3. The van der Waals surface area contributed by atoms with Crippen LogP contribution in [0, 0.1) is 6.92 Å². The molecular formula is C31H41N3O6. The molecule has 1 amide bonds. The zero-order valence-electron chi connectivity index (χ0n) is 24.3. The Hall–Kier alpha value is -4.01. The Kier molecular flexibility index (Phi) is 10.6. The first kappa shape index (κ1) is 30.5. The van der Waals surface area contributed by atoms with E-state index in [-0.39, 0.29) is 18.5 Å². The molecule has 0 aliphatic carbocycles. The minimum absolute atomic E-state index is 0.197. The van der Waals surface area contributed by atoms with Crippen LogP contribution < -0.4 is 15.8 Å². The highest BCUT2D eigenvalue weighted by molar-refractivity contribution is 5.70. The van der Waals surface area contributed by atoms with Gasteiger partial charge in [-0.3, -0.25) is 4.79 Å². The molecule has 0 unspecified atom stereocenters. The van der Waals surface area contributed by atoms with Crippen LogP contribution >= 0.6 is 0 Å². The molecule has 0 aliphatic heterocycles. The smallest absolute Gasteiger partial charge is 0.407 e. The standard InChI is InChI=1S/C31H41N3O6/c1-20(2)38-30(36)33-17-15-24-19-26(13-9-22(24)10-14-28(35)40-31(4,5)6)37-18-16-27-21(3)39-29(34-27)23-7-11-25(32)12-8-23/h7-9,11-13,19-20H,10,14-18,32H2,1-6H3,(H,33,36). The Labute approximate surface area is 236 Å². The number of amides is 1. The number of nitrogens with one attached hydrogen (secondary N) is 1. The lowest BCUT2D eigenvalue weighted by molar-refractivity contribution is -0.154. The first-order valence-electron chi connectivity index (χ1n) is 13.6. The highest BCUT2D eigenvalue weighted by Gasteiger charge is 2.17. The highest BCUT2D eigenvalue weighted by atomic mass is 16.6. The van der Waals surface area contributed by atoms with E-state index in [0.29, 0.717) is 49.7 Å². The van der Waals surface area contributed by atoms with Crippen LogP contribution in [0.1, 0.15) is 63.6 Å². The number of hydrogen-bond donors (Lipinski definition) is 2. The molecule has 2 aromatic carbocycles. The van der Waals surface area contributed by atoms with Gasteiger partial charge in [0.05, 0.1) is 18.4 Å². The SMILES string of the molecule is Cc1oc(-c2ccc(N)cc2)nc1CCOc1ccc(CCC(=O)OC(C)(C)C)c(CCNC(=O)OC(C)C)c1. The summed E-state index contributed by atoms with van der Waals surface area (Å²) in [6.45, 7) is 11.8. The fourth-order valence-corrected chi connectivity index (χ4v) is 4.03. The van der Waals surface area contributed by atoms with Crippen molar-refractivity contribution in [3.05, 3.63) is 65.0 Å². The van der Waals surface area contributed by atoms with Crippen LogP contribution in [0.3, 0.4) is 0 Å². The molecule has 0 aliphatic rings. The molecule has 0 spiro atoms. The number of aryl methyl sites for hydroxylation is 2. The molecule has 3 rings (SSSR count). The first-order valence-corrected chi connectivity index (χ1v) is 13.6. The van der Waals surface area contributed by atoms with Gasteiger partial charge < -0.3 is 29.7 Å². The highest BCUT2D eigenvalue weighted by Crippen LogP contribution is 2.24. The van der Waals surface area contributed by atoms with Crippen molar-refractivity contribution in [2.24, 2.45) is 0 Å². The van der Waals surface area contributed by atoms with Gasteiger partial charge in [-0.1, -0.05) is 6.07 Å². The van der Waals surface area contributed by atoms with Crippen LogP contribution in [-0.4, -0.2) is 41.9 Å². The number of esters is 1. The fraction of sp³-hybridized carbons (Fsp3) is 0.452. The van der Waals surface area contributed by atoms with Gasteiger partial charge in [-0.25, -0.2) is 9.78 Å². The van der Waals surface area contributed by atoms with Crippen molar-refractivity contribution < 1.29 is 28.2 Å². The second-order valence-corrected chi connectivity index (χ2v) is 10.9. The number of hydrogen-bond acceptors (Lipinski definition) is 8. The second kappa shape index (κ2) is 13.9. The molecule has 1 heterocycles. The third-order valence-electron chi connectivity index (χ3n) is 5.86. The van der Waals surface area contributed by atoms with Gasteiger partial charge in [-0.15, -0.1) is 0 Å². The number of aromatic nitrogens is 1. The Balaban J connectivity index is 1.64. The van der Waals surface area contributed by atoms with E-state index >= 15 is 0 Å². The summed E-state index contributed by atoms with van der Waals surface area (Å²) in [4.78, 5) is 28.8. The van der Waals surface area contributed by atoms with Crippen LogP contribution in [-0.2, 0) is 33.5 Å². The summed E-state index contributed by atoms with van der Waals surface area (Å²) in [7, 11) is 0. The first-order chi connectivity index (χ1) is 18.9. The van der Waals surface area contributed by atoms with Crippen molar-refractivity contribution in [2.45, 2.75) is 78.9 Å². The van der Waals surface area contributed by atoms with Gasteiger partial charge in [0.25, 0.3) is 0 Å². The molecule has 0 radical (unpaired) electrons. The Morgan fingerprint density at radius 2 is 1.75 bits per heavy atom. The maximum Gasteiger partial charge on any atom is 0.407 e. The van der Waals surface area contributed by atoms with Crippen molar-refractivity contribution in [1.29, 1.82) is 0 Å². The summed E-state index contributed by atoms with van der Waals surface area (Å²) >= 11 is 0. The largest absolute Gasteiger partial charge is 0.493 e. The quantitative estimate of drug-likeness (QED) is 0.213. The third kappa shape index (κ3) is 9.94. The molecule has 0 saturated heterocycles. The minimum atomic E-state index is -0.531. The van der Waals surface area contributed by atoms with E-state index in [1.807, 2.05) is 70.2 Å². The van der Waals surface area contributed by atoms with Gasteiger partial charge in [0.15, 0.2) is 0 Å². The number of nitrogen functional groups attached to an aromatic ring is 1. The van der Waals surface area contributed by atoms with Crippen molar-refractivity contribution in [3.8, 4) is 17.2 Å². The average Bonchev–Trinajstić information content (AvgIpc) is 3.22. The van der Waals surface area contributed by atoms with E-state index in [1.165, 1.54) is 0 Å². The molecule has 9 heteroatoms. The second-order valence-electron chi connectivity index (χ2n) is 10.9. The van der Waals surface area contributed by atoms with E-state index in [0.717, 1.165) is 28.1 Å². The Morgan fingerprint density at radius 3 is 2.42 bits per heavy atom. The van der Waals surface area contributed by atoms with E-state index < -0.39 is 11.7 Å². The lowest BCUT2D eigenvalue weighted by atomic mass is 10.00. The normalized spacial score (nSPS) is 11.4. The average molecular weight is 552 g/mol. The van der Waals surface area contributed by atoms with Crippen LogP contribution in [0.15, 0.2) is 46.9 Å². The number of alkyl carbamates (subject to hydrolysis) is 1. The zero-order valence-corrected chi connectivity index (χ0v) is 24.3. The van der Waals surface area contributed by atoms with Crippen molar-refractivity contribution in [1.82, 2.24) is 10.3 Å². The fourth-order valence-electron chi connectivity index (χ4n) is 4.03. The van der Waals surface area contributed by atoms with Crippen LogP contribution in [0.4, 0.5) is 10.5 Å². The predicted molar refractivity (Wildman–Crippen MR) is 154 cm³/mol. The zero-order chi connectivity index (χ0) is 29.3. The van der Waals surface area contributed by atoms with Gasteiger partial charge >= 0.3 is 12.1 Å². The number of benzene rings is 2. The predicted octanol–water partition coefficient (Wildman–Crippen LogP) is 5.81. The van der Waals surface area contributed by atoms with Gasteiger partial charge in [0, 0.05) is 30.6 Å². The monoisotopic (exact) mass is 551 g/mol. The van der Waals surface area contributed by atoms with E-state index in [4.69, 9.17) is 24.4 Å². The summed E-state index contributed by atoms with van der Waals surface area (Å²) in [6, 6.07) is 13.2.